The number of nitrogens with zero attached hydrogens (tertiary/aromatic N) is 5. The van der Waals surface area contributed by atoms with Crippen molar-refractivity contribution >= 4 is 61.1 Å². The molecule has 0 saturated carbocycles. The topological polar surface area (TPSA) is 156 Å². The van der Waals surface area contributed by atoms with Crippen LogP contribution in [-0.4, -0.2) is 74.8 Å². The predicted octanol–water partition coefficient (Wildman–Crippen LogP) is 6.63. The van der Waals surface area contributed by atoms with Gasteiger partial charge >= 0.3 is 0 Å². The Bertz CT molecular complexity index is 1950. The second-order valence-electron chi connectivity index (χ2n) is 12.4. The second-order valence-corrected chi connectivity index (χ2v) is 13.2. The van der Waals surface area contributed by atoms with Gasteiger partial charge in [0.15, 0.2) is 5.79 Å². The number of nitrogens with one attached hydrogen (secondary N) is 2. The van der Waals surface area contributed by atoms with Crippen molar-refractivity contribution in [2.75, 3.05) is 42.8 Å². The number of amides is 1. The number of carbonyl (C=O) groups is 1. The van der Waals surface area contributed by atoms with Crippen LogP contribution in [-0.2, 0) is 16.1 Å². The number of carbonyl (C=O) groups excluding carboxylic acids is 1. The predicted molar refractivity (Wildman–Crippen MR) is 202 cm³/mol. The molecule has 4 N–H and O–H groups in total. The number of aromatic nitrogens is 4. The van der Waals surface area contributed by atoms with Gasteiger partial charge in [0, 0.05) is 53.0 Å². The summed E-state index contributed by atoms with van der Waals surface area (Å²) in [5.74, 6) is 1.42. The lowest BCUT2D eigenvalue weighted by Crippen LogP contribution is -2.37. The lowest BCUT2D eigenvalue weighted by atomic mass is 10.1. The van der Waals surface area contributed by atoms with Gasteiger partial charge in [-0.25, -0.2) is 15.0 Å². The van der Waals surface area contributed by atoms with Crippen LogP contribution in [0.1, 0.15) is 58.7 Å². The number of aliphatic hydroxyl groups is 2. The molecule has 13 nitrogen and oxygen atoms in total. The van der Waals surface area contributed by atoms with E-state index < -0.39 is 11.9 Å². The lowest BCUT2D eigenvalue weighted by molar-refractivity contribution is -0.128. The van der Waals surface area contributed by atoms with E-state index in [0.29, 0.717) is 36.5 Å². The molecule has 3 aromatic heterocycles. The van der Waals surface area contributed by atoms with Crippen LogP contribution in [0.5, 0.6) is 11.5 Å². The normalized spacial score (nSPS) is 16.8. The Hall–Kier alpha value is -4.50. The molecule has 7 rings (SSSR count). The first kappa shape index (κ1) is 37.7. The van der Waals surface area contributed by atoms with E-state index in [4.69, 9.17) is 29.4 Å². The van der Waals surface area contributed by atoms with Crippen molar-refractivity contribution in [3.63, 3.8) is 0 Å². The third-order valence-corrected chi connectivity index (χ3v) is 8.83. The molecule has 272 valence electrons. The highest BCUT2D eigenvalue weighted by Crippen LogP contribution is 2.37. The highest BCUT2D eigenvalue weighted by atomic mass is 79.9. The van der Waals surface area contributed by atoms with Crippen molar-refractivity contribution in [2.24, 2.45) is 0 Å². The fourth-order valence-electron chi connectivity index (χ4n) is 5.72. The largest absolute Gasteiger partial charge is 0.497 e. The van der Waals surface area contributed by atoms with Crippen LogP contribution in [0.4, 0.5) is 17.3 Å². The summed E-state index contributed by atoms with van der Waals surface area (Å²) in [6.07, 6.45) is 4.98. The maximum absolute atomic E-state index is 13.3. The Morgan fingerprint density at radius 3 is 2.47 bits per heavy atom. The Kier molecular flexibility index (Phi) is 12.3. The van der Waals surface area contributed by atoms with Gasteiger partial charge in [-0.1, -0.05) is 19.9 Å². The van der Waals surface area contributed by atoms with Crippen molar-refractivity contribution < 1.29 is 29.2 Å². The van der Waals surface area contributed by atoms with Crippen molar-refractivity contribution in [2.45, 2.75) is 71.6 Å². The van der Waals surface area contributed by atoms with Crippen molar-refractivity contribution in [3.05, 3.63) is 71.1 Å². The molecular weight excluding hydrogens is 718 g/mol. The summed E-state index contributed by atoms with van der Waals surface area (Å²) in [6, 6.07) is 15.6. The van der Waals surface area contributed by atoms with Crippen molar-refractivity contribution in [1.29, 1.82) is 0 Å². The zero-order chi connectivity index (χ0) is 36.7. The Balaban J connectivity index is 0.000000665. The third-order valence-electron chi connectivity index (χ3n) is 8.23. The van der Waals surface area contributed by atoms with Gasteiger partial charge in [-0.3, -0.25) is 4.79 Å². The minimum Gasteiger partial charge on any atom is -0.497 e. The summed E-state index contributed by atoms with van der Waals surface area (Å²) in [5, 5.41) is 24.5. The summed E-state index contributed by atoms with van der Waals surface area (Å²) >= 11 is 3.69. The Morgan fingerprint density at radius 2 is 1.78 bits per heavy atom. The number of benzene rings is 2. The number of halogens is 1. The van der Waals surface area contributed by atoms with E-state index in [-0.39, 0.29) is 12.1 Å². The number of hydrogen-bond acceptors (Lipinski definition) is 11. The van der Waals surface area contributed by atoms with E-state index in [9.17, 15) is 4.79 Å². The zero-order valence-corrected chi connectivity index (χ0v) is 31.4. The van der Waals surface area contributed by atoms with E-state index in [1.165, 1.54) is 26.6 Å². The molecule has 1 amide bonds. The average molecular weight is 765 g/mol. The van der Waals surface area contributed by atoms with Gasteiger partial charge in [-0.05, 0) is 85.4 Å². The highest BCUT2D eigenvalue weighted by molar-refractivity contribution is 9.10. The monoisotopic (exact) mass is 763 g/mol. The molecule has 0 bridgehead atoms. The molecule has 2 aliphatic rings. The smallest absolute Gasteiger partial charge is 0.253 e. The summed E-state index contributed by atoms with van der Waals surface area (Å²) in [6.45, 7) is 9.15. The van der Waals surface area contributed by atoms with Gasteiger partial charge in [0.1, 0.15) is 47.4 Å². The van der Waals surface area contributed by atoms with Gasteiger partial charge < -0.3 is 44.5 Å². The molecule has 5 aromatic rings. The van der Waals surface area contributed by atoms with Crippen LogP contribution < -0.4 is 25.0 Å². The Labute approximate surface area is 306 Å². The first-order valence-electron chi connectivity index (χ1n) is 17.0. The molecule has 2 saturated heterocycles. The number of anilines is 3. The average Bonchev–Trinajstić information content (AvgIpc) is 3.72. The van der Waals surface area contributed by atoms with Crippen molar-refractivity contribution in [1.82, 2.24) is 19.5 Å². The van der Waals surface area contributed by atoms with Gasteiger partial charge in [0.2, 0.25) is 0 Å². The van der Waals surface area contributed by atoms with Gasteiger partial charge in [-0.15, -0.1) is 0 Å². The van der Waals surface area contributed by atoms with Gasteiger partial charge in [0.25, 0.3) is 5.91 Å². The third kappa shape index (κ3) is 9.25. The molecule has 2 aromatic carbocycles. The maximum atomic E-state index is 13.3. The number of rotatable bonds is 9. The first-order valence-corrected chi connectivity index (χ1v) is 17.8. The Morgan fingerprint density at radius 1 is 1.04 bits per heavy atom. The fraction of sp³-hybridized carbons (Fsp3) is 0.405. The minimum atomic E-state index is -1.50. The molecule has 2 fully saturated rings. The standard InChI is InChI=1S/C32H32BrN7O4.C3H8O2.C2H6/c1-42-22-8-5-20(26(15-22)43-2)16-34-30-29-23(33)17-40(31(29)36-18-35-30)28-11-9-25(44-28)32(41)37-21-7-4-19-6-10-27(38-24(19)14-21)39-12-3-13-39;1-3(2,4)5;1-2/h4-8,10,14-15,17-18,25,28H,3,9,11-13,16H2,1-2H3,(H,37,41)(H,34,35,36);4-5H,1-2H3;1-2H3. The molecule has 0 radical (unpaired) electrons. The molecule has 0 aliphatic carbocycles. The molecule has 51 heavy (non-hydrogen) atoms. The quantitative estimate of drug-likeness (QED) is 0.120. The van der Waals surface area contributed by atoms with Crippen LogP contribution >= 0.6 is 15.9 Å². The maximum Gasteiger partial charge on any atom is 0.253 e. The molecule has 2 atom stereocenters. The van der Waals surface area contributed by atoms with Gasteiger partial charge in [-0.2, -0.15) is 0 Å². The van der Waals surface area contributed by atoms with E-state index in [1.54, 1.807) is 14.2 Å². The number of ether oxygens (including phenoxy) is 3. The summed E-state index contributed by atoms with van der Waals surface area (Å²) < 4.78 is 19.9. The van der Waals surface area contributed by atoms with Crippen LogP contribution in [0.2, 0.25) is 0 Å². The molecule has 2 unspecified atom stereocenters. The molecule has 2 aliphatic heterocycles. The highest BCUT2D eigenvalue weighted by Gasteiger charge is 2.33. The van der Waals surface area contributed by atoms with E-state index >= 15 is 0 Å². The number of methoxy groups -OCH3 is 2. The molecular formula is C37H46BrN7O6. The van der Waals surface area contributed by atoms with E-state index in [1.807, 2.05) is 61.0 Å². The zero-order valence-electron chi connectivity index (χ0n) is 29.8. The van der Waals surface area contributed by atoms with Crippen LogP contribution in [0.25, 0.3) is 21.9 Å². The van der Waals surface area contributed by atoms with Crippen LogP contribution in [0.3, 0.4) is 0 Å². The summed E-state index contributed by atoms with van der Waals surface area (Å²) in [7, 11) is 3.26. The molecule has 5 heterocycles. The minimum absolute atomic E-state index is 0.174. The summed E-state index contributed by atoms with van der Waals surface area (Å²) in [4.78, 5) is 29.4. The molecule has 0 spiro atoms. The lowest BCUT2D eigenvalue weighted by Gasteiger charge is -2.32. The van der Waals surface area contributed by atoms with Crippen molar-refractivity contribution in [3.8, 4) is 11.5 Å². The number of fused-ring (bicyclic) bond motifs is 2. The van der Waals surface area contributed by atoms with Gasteiger partial charge in [0.05, 0.1) is 25.1 Å². The second kappa shape index (κ2) is 16.7. The van der Waals surface area contributed by atoms with Crippen LogP contribution in [0, 0.1) is 0 Å². The summed E-state index contributed by atoms with van der Waals surface area (Å²) in [5.41, 5.74) is 3.23. The molecule has 14 heteroatoms. The SMILES string of the molecule is CC.CC(C)(O)O.COc1ccc(CNc2ncnc3c2c(Br)cn3C2CCC(C(=O)Nc3ccc4ccc(N5CCC5)nc4c3)O2)c(OC)c1. The number of hydrogen-bond donors (Lipinski definition) is 4. The number of pyridine rings is 1. The van der Waals surface area contributed by atoms with E-state index in [2.05, 4.69) is 53.6 Å². The van der Waals surface area contributed by atoms with Crippen LogP contribution in [0.15, 0.2) is 65.5 Å². The first-order chi connectivity index (χ1) is 24.5. The fourth-order valence-corrected chi connectivity index (χ4v) is 6.30. The van der Waals surface area contributed by atoms with E-state index in [0.717, 1.165) is 56.7 Å².